The summed E-state index contributed by atoms with van der Waals surface area (Å²) >= 11 is 0. The van der Waals surface area contributed by atoms with Crippen molar-refractivity contribution < 1.29 is 4.42 Å². The van der Waals surface area contributed by atoms with Crippen LogP contribution in [0.5, 0.6) is 0 Å². The Bertz CT molecular complexity index is 2470. The zero-order valence-electron chi connectivity index (χ0n) is 22.5. The van der Waals surface area contributed by atoms with E-state index in [0.717, 1.165) is 66.3 Å². The van der Waals surface area contributed by atoms with E-state index in [4.69, 9.17) is 14.4 Å². The van der Waals surface area contributed by atoms with Gasteiger partial charge >= 0.3 is 0 Å². The van der Waals surface area contributed by atoms with Crippen molar-refractivity contribution in [3.8, 4) is 28.3 Å². The summed E-state index contributed by atoms with van der Waals surface area (Å²) in [6.07, 6.45) is 0. The molecule has 9 rings (SSSR count). The van der Waals surface area contributed by atoms with Gasteiger partial charge in [-0.15, -0.1) is 0 Å². The van der Waals surface area contributed by atoms with Gasteiger partial charge in [0.2, 0.25) is 5.95 Å². The smallest absolute Gasteiger partial charge is 0.235 e. The lowest BCUT2D eigenvalue weighted by molar-refractivity contribution is 0.669. The second-order valence-corrected chi connectivity index (χ2v) is 10.6. The molecule has 42 heavy (non-hydrogen) atoms. The number of benzene rings is 6. The largest absolute Gasteiger partial charge is 0.456 e. The number of para-hydroxylation sites is 3. The highest BCUT2D eigenvalue weighted by atomic mass is 16.3. The molecule has 0 fully saturated rings. The van der Waals surface area contributed by atoms with Gasteiger partial charge < -0.3 is 4.42 Å². The summed E-state index contributed by atoms with van der Waals surface area (Å²) in [5.74, 6) is 0.665. The first-order valence-electron chi connectivity index (χ1n) is 14.1. The van der Waals surface area contributed by atoms with Crippen molar-refractivity contribution in [2.75, 3.05) is 0 Å². The Morgan fingerprint density at radius 1 is 0.429 bits per heavy atom. The number of nitrogens with zero attached hydrogens (tertiary/aromatic N) is 3. The zero-order chi connectivity index (χ0) is 27.6. The van der Waals surface area contributed by atoms with Gasteiger partial charge in [-0.3, -0.25) is 4.57 Å². The standard InChI is InChI=1S/C38H23N3O/c1-2-10-24(11-3-1)37-29-14-4-7-15-32(29)39-38(40-37)41-33-16-8-5-12-27(33)30-22-25(18-20-34(30)41)26-19-21-36-31(23-26)28-13-6-9-17-35(28)42-36/h1-23H. The van der Waals surface area contributed by atoms with E-state index in [1.807, 2.05) is 30.3 Å². The van der Waals surface area contributed by atoms with Gasteiger partial charge in [0, 0.05) is 32.5 Å². The molecule has 3 heterocycles. The summed E-state index contributed by atoms with van der Waals surface area (Å²) in [6, 6.07) is 48.5. The van der Waals surface area contributed by atoms with Gasteiger partial charge in [0.1, 0.15) is 11.2 Å². The number of hydrogen-bond donors (Lipinski definition) is 0. The fraction of sp³-hybridized carbons (Fsp3) is 0. The number of fused-ring (bicyclic) bond motifs is 7. The predicted molar refractivity (Wildman–Crippen MR) is 172 cm³/mol. The lowest BCUT2D eigenvalue weighted by atomic mass is 10.0. The quantitative estimate of drug-likeness (QED) is 0.225. The summed E-state index contributed by atoms with van der Waals surface area (Å²) in [4.78, 5) is 10.3. The van der Waals surface area contributed by atoms with Crippen molar-refractivity contribution >= 4 is 54.6 Å². The molecule has 196 valence electrons. The van der Waals surface area contributed by atoms with Gasteiger partial charge in [-0.25, -0.2) is 9.97 Å². The van der Waals surface area contributed by atoms with E-state index >= 15 is 0 Å². The highest BCUT2D eigenvalue weighted by molar-refractivity contribution is 6.11. The highest BCUT2D eigenvalue weighted by Crippen LogP contribution is 2.37. The zero-order valence-corrected chi connectivity index (χ0v) is 22.5. The first kappa shape index (κ1) is 23.0. The molecule has 0 aliphatic carbocycles. The lowest BCUT2D eigenvalue weighted by Gasteiger charge is -2.11. The molecular weight excluding hydrogens is 514 g/mol. The predicted octanol–water partition coefficient (Wildman–Crippen LogP) is 9.96. The minimum absolute atomic E-state index is 0.665. The van der Waals surface area contributed by atoms with Crippen LogP contribution in [0.15, 0.2) is 144 Å². The molecular formula is C38H23N3O. The van der Waals surface area contributed by atoms with Gasteiger partial charge in [0.05, 0.1) is 22.2 Å². The van der Waals surface area contributed by atoms with Gasteiger partial charge in [-0.1, -0.05) is 97.1 Å². The maximum atomic E-state index is 6.08. The third-order valence-corrected chi connectivity index (χ3v) is 8.22. The van der Waals surface area contributed by atoms with E-state index < -0.39 is 0 Å². The Balaban J connectivity index is 1.28. The molecule has 4 nitrogen and oxygen atoms in total. The maximum absolute atomic E-state index is 6.08. The second-order valence-electron chi connectivity index (χ2n) is 10.6. The normalized spacial score (nSPS) is 11.8. The Kier molecular flexibility index (Phi) is 4.87. The van der Waals surface area contributed by atoms with Crippen LogP contribution < -0.4 is 0 Å². The molecule has 0 aliphatic rings. The maximum Gasteiger partial charge on any atom is 0.235 e. The molecule has 0 amide bonds. The van der Waals surface area contributed by atoms with Crippen molar-refractivity contribution in [1.29, 1.82) is 0 Å². The van der Waals surface area contributed by atoms with Gasteiger partial charge in [0.15, 0.2) is 0 Å². The first-order valence-corrected chi connectivity index (χ1v) is 14.1. The van der Waals surface area contributed by atoms with E-state index in [1.54, 1.807) is 0 Å². The van der Waals surface area contributed by atoms with Crippen LogP contribution in [-0.4, -0.2) is 14.5 Å². The molecule has 0 radical (unpaired) electrons. The van der Waals surface area contributed by atoms with Crippen LogP contribution in [-0.2, 0) is 0 Å². The highest BCUT2D eigenvalue weighted by Gasteiger charge is 2.18. The molecule has 9 aromatic rings. The molecule has 6 aromatic carbocycles. The fourth-order valence-corrected chi connectivity index (χ4v) is 6.25. The number of hydrogen-bond acceptors (Lipinski definition) is 3. The lowest BCUT2D eigenvalue weighted by Crippen LogP contribution is -2.03. The summed E-state index contributed by atoms with van der Waals surface area (Å²) in [5, 5.41) is 5.64. The van der Waals surface area contributed by atoms with Crippen molar-refractivity contribution in [2.24, 2.45) is 0 Å². The first-order chi connectivity index (χ1) is 20.8. The number of aromatic nitrogens is 3. The minimum Gasteiger partial charge on any atom is -0.456 e. The third kappa shape index (κ3) is 3.42. The Hall–Kier alpha value is -5.74. The molecule has 0 bridgehead atoms. The molecule has 0 aliphatic heterocycles. The molecule has 0 saturated heterocycles. The molecule has 0 spiro atoms. The van der Waals surface area contributed by atoms with Gasteiger partial charge in [-0.2, -0.15) is 0 Å². The molecule has 0 N–H and O–H groups in total. The molecule has 0 unspecified atom stereocenters. The van der Waals surface area contributed by atoms with Crippen molar-refractivity contribution in [3.05, 3.63) is 140 Å². The Labute approximate surface area is 241 Å². The van der Waals surface area contributed by atoms with E-state index in [2.05, 4.69) is 114 Å². The topological polar surface area (TPSA) is 43.9 Å². The van der Waals surface area contributed by atoms with E-state index in [0.29, 0.717) is 5.95 Å². The van der Waals surface area contributed by atoms with E-state index in [9.17, 15) is 0 Å². The van der Waals surface area contributed by atoms with Crippen LogP contribution in [0.1, 0.15) is 0 Å². The second kappa shape index (κ2) is 8.88. The van der Waals surface area contributed by atoms with Crippen molar-refractivity contribution in [2.45, 2.75) is 0 Å². The van der Waals surface area contributed by atoms with Crippen LogP contribution in [0.4, 0.5) is 0 Å². The number of furan rings is 1. The summed E-state index contributed by atoms with van der Waals surface area (Å²) in [5.41, 5.74) is 9.20. The van der Waals surface area contributed by atoms with Gasteiger partial charge in [0.25, 0.3) is 0 Å². The Morgan fingerprint density at radius 2 is 1.07 bits per heavy atom. The molecule has 4 heteroatoms. The molecule has 0 atom stereocenters. The van der Waals surface area contributed by atoms with Crippen LogP contribution in [0, 0.1) is 0 Å². The monoisotopic (exact) mass is 537 g/mol. The van der Waals surface area contributed by atoms with Crippen molar-refractivity contribution in [1.82, 2.24) is 14.5 Å². The third-order valence-electron chi connectivity index (χ3n) is 8.22. The van der Waals surface area contributed by atoms with E-state index in [1.165, 1.54) is 10.8 Å². The summed E-state index contributed by atoms with van der Waals surface area (Å²) in [6.45, 7) is 0. The summed E-state index contributed by atoms with van der Waals surface area (Å²) in [7, 11) is 0. The van der Waals surface area contributed by atoms with Crippen molar-refractivity contribution in [3.63, 3.8) is 0 Å². The van der Waals surface area contributed by atoms with Gasteiger partial charge in [-0.05, 0) is 53.6 Å². The van der Waals surface area contributed by atoms with Crippen LogP contribution in [0.2, 0.25) is 0 Å². The Morgan fingerprint density at radius 3 is 1.95 bits per heavy atom. The van der Waals surface area contributed by atoms with E-state index in [-0.39, 0.29) is 0 Å². The van der Waals surface area contributed by atoms with Crippen LogP contribution in [0.25, 0.3) is 83.0 Å². The fourth-order valence-electron chi connectivity index (χ4n) is 6.25. The minimum atomic E-state index is 0.665. The number of rotatable bonds is 3. The molecule has 3 aromatic heterocycles. The van der Waals surface area contributed by atoms with Crippen LogP contribution >= 0.6 is 0 Å². The average Bonchev–Trinajstić information content (AvgIpc) is 3.59. The summed E-state index contributed by atoms with van der Waals surface area (Å²) < 4.78 is 8.27. The SMILES string of the molecule is c1ccc(-c2nc(-n3c4ccccc4c4cc(-c5ccc6oc7ccccc7c6c5)ccc43)nc3ccccc23)cc1. The van der Waals surface area contributed by atoms with Crippen LogP contribution in [0.3, 0.4) is 0 Å². The average molecular weight is 538 g/mol. The molecule has 0 saturated carbocycles.